The lowest BCUT2D eigenvalue weighted by atomic mass is 10.2. The van der Waals surface area contributed by atoms with Crippen molar-refractivity contribution in [2.45, 2.75) is 20.8 Å². The minimum atomic E-state index is -0.109. The molecule has 4 rings (SSSR count). The van der Waals surface area contributed by atoms with Crippen LogP contribution in [0.4, 0.5) is 17.2 Å². The summed E-state index contributed by atoms with van der Waals surface area (Å²) in [6.45, 7) is 5.40. The molecular formula is C19H20N8O. The van der Waals surface area contributed by atoms with Crippen LogP contribution in [0.1, 0.15) is 18.3 Å². The van der Waals surface area contributed by atoms with E-state index in [2.05, 4.69) is 30.7 Å². The van der Waals surface area contributed by atoms with Gasteiger partial charge in [0.2, 0.25) is 5.91 Å². The highest BCUT2D eigenvalue weighted by Crippen LogP contribution is 2.29. The maximum atomic E-state index is 11.2. The van der Waals surface area contributed by atoms with Crippen LogP contribution in [-0.2, 0) is 11.8 Å². The number of aryl methyl sites for hydroxylation is 2. The summed E-state index contributed by atoms with van der Waals surface area (Å²) >= 11 is 0. The van der Waals surface area contributed by atoms with Crippen LogP contribution in [0.5, 0.6) is 0 Å². The van der Waals surface area contributed by atoms with E-state index < -0.39 is 0 Å². The van der Waals surface area contributed by atoms with E-state index in [1.165, 1.54) is 6.92 Å². The Balaban J connectivity index is 1.74. The van der Waals surface area contributed by atoms with E-state index in [-0.39, 0.29) is 5.91 Å². The Morgan fingerprint density at radius 2 is 1.82 bits per heavy atom. The van der Waals surface area contributed by atoms with Crippen LogP contribution >= 0.6 is 0 Å². The second kappa shape index (κ2) is 6.76. The fraction of sp³-hybridized carbons (Fsp3) is 0.211. The highest BCUT2D eigenvalue weighted by molar-refractivity contribution is 5.89. The van der Waals surface area contributed by atoms with Crippen molar-refractivity contribution in [2.75, 3.05) is 10.6 Å². The van der Waals surface area contributed by atoms with Crippen LogP contribution < -0.4 is 10.6 Å². The van der Waals surface area contributed by atoms with Crippen molar-refractivity contribution in [3.8, 4) is 11.4 Å². The van der Waals surface area contributed by atoms with Gasteiger partial charge in [-0.3, -0.25) is 9.48 Å². The quantitative estimate of drug-likeness (QED) is 0.504. The molecule has 0 bridgehead atoms. The first-order valence-electron chi connectivity index (χ1n) is 8.78. The molecule has 0 fully saturated rings. The van der Waals surface area contributed by atoms with Crippen LogP contribution in [-0.4, -0.2) is 35.6 Å². The Morgan fingerprint density at radius 3 is 2.46 bits per heavy atom. The van der Waals surface area contributed by atoms with Gasteiger partial charge in [0.15, 0.2) is 17.3 Å². The zero-order chi connectivity index (χ0) is 19.8. The number of nitrogens with one attached hydrogen (secondary N) is 3. The number of fused-ring (bicyclic) bond motifs is 1. The van der Waals surface area contributed by atoms with Crippen LogP contribution in [0.25, 0.3) is 22.6 Å². The number of rotatable bonds is 4. The first-order chi connectivity index (χ1) is 13.4. The largest absolute Gasteiger partial charge is 0.340 e. The summed E-state index contributed by atoms with van der Waals surface area (Å²) in [5.74, 6) is 1.08. The number of H-pyrrole nitrogens is 1. The second-order valence-electron chi connectivity index (χ2n) is 6.55. The summed E-state index contributed by atoms with van der Waals surface area (Å²) in [5, 5.41) is 10.5. The van der Waals surface area contributed by atoms with Gasteiger partial charge < -0.3 is 15.6 Å². The molecule has 0 aliphatic carbocycles. The van der Waals surface area contributed by atoms with Gasteiger partial charge in [-0.15, -0.1) is 0 Å². The van der Waals surface area contributed by atoms with E-state index in [1.54, 1.807) is 6.33 Å². The summed E-state index contributed by atoms with van der Waals surface area (Å²) in [7, 11) is 1.90. The van der Waals surface area contributed by atoms with Crippen LogP contribution in [0.2, 0.25) is 0 Å². The van der Waals surface area contributed by atoms with Crippen molar-refractivity contribution in [3.05, 3.63) is 42.0 Å². The molecule has 0 aliphatic rings. The van der Waals surface area contributed by atoms with Gasteiger partial charge in [0, 0.05) is 31.0 Å². The summed E-state index contributed by atoms with van der Waals surface area (Å²) in [6, 6.07) is 7.39. The molecule has 3 N–H and O–H groups in total. The lowest BCUT2D eigenvalue weighted by Gasteiger charge is -2.10. The van der Waals surface area contributed by atoms with Crippen LogP contribution in [0.3, 0.4) is 0 Å². The lowest BCUT2D eigenvalue weighted by Crippen LogP contribution is -2.05. The molecule has 1 amide bonds. The Labute approximate surface area is 161 Å². The Bertz CT molecular complexity index is 1170. The van der Waals surface area contributed by atoms with Crippen molar-refractivity contribution in [3.63, 3.8) is 0 Å². The molecule has 0 atom stereocenters. The van der Waals surface area contributed by atoms with Crippen LogP contribution in [0, 0.1) is 13.8 Å². The van der Waals surface area contributed by atoms with E-state index in [0.717, 1.165) is 28.3 Å². The summed E-state index contributed by atoms with van der Waals surface area (Å²) < 4.78 is 1.82. The molecule has 3 heterocycles. The van der Waals surface area contributed by atoms with Gasteiger partial charge in [0.05, 0.1) is 17.6 Å². The molecular weight excluding hydrogens is 356 g/mol. The maximum absolute atomic E-state index is 11.2. The van der Waals surface area contributed by atoms with E-state index in [0.29, 0.717) is 22.8 Å². The number of aromatic amines is 1. The third kappa shape index (κ3) is 3.18. The summed E-state index contributed by atoms with van der Waals surface area (Å²) in [4.78, 5) is 27.9. The normalized spacial score (nSPS) is 11.0. The second-order valence-corrected chi connectivity index (χ2v) is 6.55. The van der Waals surface area contributed by atoms with Gasteiger partial charge in [-0.25, -0.2) is 15.0 Å². The molecule has 0 unspecified atom stereocenters. The Morgan fingerprint density at radius 1 is 1.11 bits per heavy atom. The van der Waals surface area contributed by atoms with Crippen molar-refractivity contribution in [2.24, 2.45) is 7.05 Å². The SMILES string of the molecule is CC(=O)Nc1ccc(Nc2nc(-c3c(C)nn(C)c3C)nc3nc[nH]c23)cc1. The third-order valence-corrected chi connectivity index (χ3v) is 4.49. The number of carbonyl (C=O) groups excluding carboxylic acids is 1. The first kappa shape index (κ1) is 17.7. The van der Waals surface area contributed by atoms with Crippen LogP contribution in [0.15, 0.2) is 30.6 Å². The number of aromatic nitrogens is 6. The standard InChI is InChI=1S/C19H20N8O/c1-10-15(11(2)27(4)26-10)17-24-18-16(20-9-21-18)19(25-17)23-14-7-5-13(6-8-14)22-12(3)28/h5-9H,1-4H3,(H,22,28)(H2,20,21,23,24,25). The van der Waals surface area contributed by atoms with E-state index in [9.17, 15) is 4.79 Å². The minimum Gasteiger partial charge on any atom is -0.340 e. The van der Waals surface area contributed by atoms with Gasteiger partial charge in [-0.2, -0.15) is 5.10 Å². The predicted molar refractivity (Wildman–Crippen MR) is 107 cm³/mol. The number of carbonyl (C=O) groups is 1. The zero-order valence-electron chi connectivity index (χ0n) is 16.0. The Kier molecular flexibility index (Phi) is 4.26. The fourth-order valence-electron chi connectivity index (χ4n) is 3.11. The van der Waals surface area contributed by atoms with Gasteiger partial charge >= 0.3 is 0 Å². The number of benzene rings is 1. The molecule has 3 aromatic heterocycles. The maximum Gasteiger partial charge on any atom is 0.221 e. The number of imidazole rings is 1. The van der Waals surface area contributed by atoms with E-state index in [1.807, 2.05) is 49.8 Å². The third-order valence-electron chi connectivity index (χ3n) is 4.49. The molecule has 0 spiro atoms. The molecule has 28 heavy (non-hydrogen) atoms. The molecule has 0 radical (unpaired) electrons. The van der Waals surface area contributed by atoms with Crippen molar-refractivity contribution in [1.82, 2.24) is 29.7 Å². The molecule has 1 aromatic carbocycles. The number of anilines is 3. The topological polar surface area (TPSA) is 113 Å². The highest BCUT2D eigenvalue weighted by Gasteiger charge is 2.18. The van der Waals surface area contributed by atoms with Crippen molar-refractivity contribution < 1.29 is 4.79 Å². The number of amides is 1. The monoisotopic (exact) mass is 376 g/mol. The summed E-state index contributed by atoms with van der Waals surface area (Å²) in [5.41, 5.74) is 5.60. The smallest absolute Gasteiger partial charge is 0.221 e. The lowest BCUT2D eigenvalue weighted by molar-refractivity contribution is -0.114. The molecule has 0 saturated carbocycles. The molecule has 0 saturated heterocycles. The minimum absolute atomic E-state index is 0.109. The van der Waals surface area contributed by atoms with Crippen molar-refractivity contribution >= 4 is 34.3 Å². The molecule has 142 valence electrons. The predicted octanol–water partition coefficient (Wildman–Crippen LogP) is 3.07. The van der Waals surface area contributed by atoms with E-state index in [4.69, 9.17) is 4.98 Å². The van der Waals surface area contributed by atoms with Crippen molar-refractivity contribution in [1.29, 1.82) is 0 Å². The number of nitrogens with zero attached hydrogens (tertiary/aromatic N) is 5. The molecule has 9 nitrogen and oxygen atoms in total. The molecule has 9 heteroatoms. The first-order valence-corrected chi connectivity index (χ1v) is 8.78. The average molecular weight is 376 g/mol. The summed E-state index contributed by atoms with van der Waals surface area (Å²) in [6.07, 6.45) is 1.59. The number of hydrogen-bond acceptors (Lipinski definition) is 6. The Hall–Kier alpha value is -3.75. The van der Waals surface area contributed by atoms with E-state index >= 15 is 0 Å². The highest BCUT2D eigenvalue weighted by atomic mass is 16.1. The van der Waals surface area contributed by atoms with Gasteiger partial charge in [0.1, 0.15) is 5.52 Å². The van der Waals surface area contributed by atoms with Gasteiger partial charge in [0.25, 0.3) is 0 Å². The molecule has 4 aromatic rings. The zero-order valence-corrected chi connectivity index (χ0v) is 16.0. The fourth-order valence-corrected chi connectivity index (χ4v) is 3.11. The average Bonchev–Trinajstić information content (AvgIpc) is 3.21. The van der Waals surface area contributed by atoms with Gasteiger partial charge in [-0.05, 0) is 38.1 Å². The number of hydrogen-bond donors (Lipinski definition) is 3. The molecule has 0 aliphatic heterocycles. The van der Waals surface area contributed by atoms with Gasteiger partial charge in [-0.1, -0.05) is 0 Å².